The van der Waals surface area contributed by atoms with Gasteiger partial charge in [-0.15, -0.1) is 11.3 Å². The maximum absolute atomic E-state index is 12.6. The summed E-state index contributed by atoms with van der Waals surface area (Å²) in [4.78, 5) is 14.6. The first kappa shape index (κ1) is 20.9. The Kier molecular flexibility index (Phi) is 6.15. The number of alkyl halides is 3. The molecule has 1 saturated carbocycles. The summed E-state index contributed by atoms with van der Waals surface area (Å²) in [7, 11) is 0. The van der Waals surface area contributed by atoms with Crippen molar-refractivity contribution in [3.05, 3.63) is 51.7 Å². The van der Waals surface area contributed by atoms with E-state index in [0.29, 0.717) is 11.7 Å². The zero-order chi connectivity index (χ0) is 20.4. The SMILES string of the molecule is C[C@](N)(CC(=O)c1ccc(C2CC2)s1)c1ccc(OCCCC(F)(F)F)cc1. The Bertz CT molecular complexity index is 808. The molecule has 2 N–H and O–H groups in total. The van der Waals surface area contributed by atoms with Crippen molar-refractivity contribution in [2.24, 2.45) is 5.73 Å². The number of hydrogen-bond acceptors (Lipinski definition) is 4. The molecule has 0 bridgehead atoms. The fourth-order valence-electron chi connectivity index (χ4n) is 3.01. The normalized spacial score (nSPS) is 16.6. The number of rotatable bonds is 9. The lowest BCUT2D eigenvalue weighted by molar-refractivity contribution is -0.136. The number of carbonyl (C=O) groups excluding carboxylic acids is 1. The molecule has 0 spiro atoms. The smallest absolute Gasteiger partial charge is 0.389 e. The molecule has 1 heterocycles. The molecule has 0 radical (unpaired) electrons. The molecule has 1 aliphatic rings. The minimum absolute atomic E-state index is 0.00105. The van der Waals surface area contributed by atoms with E-state index >= 15 is 0 Å². The van der Waals surface area contributed by atoms with Crippen LogP contribution in [0.4, 0.5) is 13.2 Å². The zero-order valence-corrected chi connectivity index (χ0v) is 16.5. The summed E-state index contributed by atoms with van der Waals surface area (Å²) in [5.74, 6) is 1.13. The van der Waals surface area contributed by atoms with E-state index in [9.17, 15) is 18.0 Å². The molecule has 1 fully saturated rings. The van der Waals surface area contributed by atoms with Crippen LogP contribution in [0.2, 0.25) is 0 Å². The van der Waals surface area contributed by atoms with Crippen LogP contribution in [0.25, 0.3) is 0 Å². The topological polar surface area (TPSA) is 52.3 Å². The highest BCUT2D eigenvalue weighted by atomic mass is 32.1. The van der Waals surface area contributed by atoms with Crippen LogP contribution in [0.15, 0.2) is 36.4 Å². The average Bonchev–Trinajstić information content (AvgIpc) is 3.34. The van der Waals surface area contributed by atoms with Crippen molar-refractivity contribution in [3.63, 3.8) is 0 Å². The Balaban J connectivity index is 1.54. The summed E-state index contributed by atoms with van der Waals surface area (Å²) in [6, 6.07) is 10.8. The van der Waals surface area contributed by atoms with E-state index in [4.69, 9.17) is 10.5 Å². The average molecular weight is 411 g/mol. The van der Waals surface area contributed by atoms with Crippen LogP contribution < -0.4 is 10.5 Å². The van der Waals surface area contributed by atoms with Gasteiger partial charge in [-0.3, -0.25) is 4.79 Å². The number of thiophene rings is 1. The van der Waals surface area contributed by atoms with Gasteiger partial charge in [-0.1, -0.05) is 12.1 Å². The van der Waals surface area contributed by atoms with Crippen LogP contribution in [0.5, 0.6) is 5.75 Å². The maximum Gasteiger partial charge on any atom is 0.389 e. The van der Waals surface area contributed by atoms with Crippen LogP contribution in [-0.4, -0.2) is 18.6 Å². The summed E-state index contributed by atoms with van der Waals surface area (Å²) in [5.41, 5.74) is 6.34. The fraction of sp³-hybridized carbons (Fsp3) is 0.476. The van der Waals surface area contributed by atoms with Gasteiger partial charge in [0.2, 0.25) is 0 Å². The Labute approximate surface area is 166 Å². The summed E-state index contributed by atoms with van der Waals surface area (Å²) in [6.45, 7) is 1.80. The van der Waals surface area contributed by atoms with E-state index in [-0.39, 0.29) is 25.2 Å². The summed E-state index contributed by atoms with van der Waals surface area (Å²) >= 11 is 1.56. The number of halogens is 3. The van der Waals surface area contributed by atoms with Crippen molar-refractivity contribution < 1.29 is 22.7 Å². The van der Waals surface area contributed by atoms with Crippen molar-refractivity contribution in [2.45, 2.75) is 56.7 Å². The summed E-state index contributed by atoms with van der Waals surface area (Å²) < 4.78 is 41.8. The second-order valence-corrected chi connectivity index (χ2v) is 8.70. The first-order chi connectivity index (χ1) is 13.1. The van der Waals surface area contributed by atoms with E-state index in [1.54, 1.807) is 42.5 Å². The van der Waals surface area contributed by atoms with Gasteiger partial charge in [0.05, 0.1) is 11.5 Å². The molecule has 2 aromatic rings. The second-order valence-electron chi connectivity index (χ2n) is 7.59. The van der Waals surface area contributed by atoms with Gasteiger partial charge in [0, 0.05) is 23.3 Å². The molecule has 1 aromatic heterocycles. The molecular formula is C21H24F3NO2S. The third kappa shape index (κ3) is 5.82. The number of ketones is 1. The van der Waals surface area contributed by atoms with Crippen molar-refractivity contribution in [1.82, 2.24) is 0 Å². The number of Topliss-reactive ketones (excluding diaryl/α,β-unsaturated/α-hetero) is 1. The first-order valence-corrected chi connectivity index (χ1v) is 10.2. The van der Waals surface area contributed by atoms with Gasteiger partial charge in [0.25, 0.3) is 0 Å². The Hall–Kier alpha value is -1.86. The van der Waals surface area contributed by atoms with Gasteiger partial charge >= 0.3 is 6.18 Å². The number of hydrogen-bond donors (Lipinski definition) is 1. The van der Waals surface area contributed by atoms with Crippen LogP contribution in [0.3, 0.4) is 0 Å². The Morgan fingerprint density at radius 3 is 2.46 bits per heavy atom. The van der Waals surface area contributed by atoms with Crippen molar-refractivity contribution in [3.8, 4) is 5.75 Å². The van der Waals surface area contributed by atoms with Gasteiger partial charge in [-0.2, -0.15) is 13.2 Å². The van der Waals surface area contributed by atoms with Gasteiger partial charge < -0.3 is 10.5 Å². The van der Waals surface area contributed by atoms with Gasteiger partial charge in [-0.05, 0) is 61.9 Å². The molecule has 152 valence electrons. The van der Waals surface area contributed by atoms with Crippen LogP contribution in [-0.2, 0) is 5.54 Å². The quantitative estimate of drug-likeness (QED) is 0.419. The molecule has 0 amide bonds. The predicted molar refractivity (Wildman–Crippen MR) is 104 cm³/mol. The fourth-order valence-corrected chi connectivity index (χ4v) is 4.12. The number of benzene rings is 1. The van der Waals surface area contributed by atoms with E-state index in [0.717, 1.165) is 10.4 Å². The van der Waals surface area contributed by atoms with E-state index in [1.807, 2.05) is 12.1 Å². The van der Waals surface area contributed by atoms with Crippen LogP contribution >= 0.6 is 11.3 Å². The molecular weight excluding hydrogens is 387 g/mol. The summed E-state index contributed by atoms with van der Waals surface area (Å²) in [6.07, 6.45) is -2.52. The molecule has 28 heavy (non-hydrogen) atoms. The lowest BCUT2D eigenvalue weighted by atomic mass is 9.87. The standard InChI is InChI=1S/C21H24F3NO2S/c1-20(25,13-17(26)19-10-9-18(28-19)14-3-4-14)15-5-7-16(8-6-15)27-12-2-11-21(22,23)24/h5-10,14H,2-4,11-13,25H2,1H3/t20-/m0/s1. The lowest BCUT2D eigenvalue weighted by Gasteiger charge is -2.24. The minimum atomic E-state index is -4.16. The summed E-state index contributed by atoms with van der Waals surface area (Å²) in [5, 5.41) is 0. The van der Waals surface area contributed by atoms with Crippen molar-refractivity contribution in [1.29, 1.82) is 0 Å². The van der Waals surface area contributed by atoms with Crippen molar-refractivity contribution in [2.75, 3.05) is 6.61 Å². The number of carbonyl (C=O) groups is 1. The van der Waals surface area contributed by atoms with Crippen LogP contribution in [0.1, 0.15) is 65.1 Å². The molecule has 0 saturated heterocycles. The predicted octanol–water partition coefficient (Wildman–Crippen LogP) is 5.79. The monoisotopic (exact) mass is 411 g/mol. The molecule has 3 rings (SSSR count). The molecule has 3 nitrogen and oxygen atoms in total. The zero-order valence-electron chi connectivity index (χ0n) is 15.7. The van der Waals surface area contributed by atoms with Gasteiger partial charge in [0.1, 0.15) is 5.75 Å². The van der Waals surface area contributed by atoms with Gasteiger partial charge in [0.15, 0.2) is 5.78 Å². The van der Waals surface area contributed by atoms with E-state index in [2.05, 4.69) is 0 Å². The lowest BCUT2D eigenvalue weighted by Crippen LogP contribution is -2.35. The Morgan fingerprint density at radius 2 is 1.86 bits per heavy atom. The molecule has 1 atom stereocenters. The Morgan fingerprint density at radius 1 is 1.18 bits per heavy atom. The van der Waals surface area contributed by atoms with E-state index in [1.165, 1.54) is 17.7 Å². The number of ether oxygens (including phenoxy) is 1. The highest BCUT2D eigenvalue weighted by Crippen LogP contribution is 2.43. The first-order valence-electron chi connectivity index (χ1n) is 9.36. The molecule has 1 aromatic carbocycles. The van der Waals surface area contributed by atoms with E-state index < -0.39 is 18.1 Å². The van der Waals surface area contributed by atoms with Crippen molar-refractivity contribution >= 4 is 17.1 Å². The van der Waals surface area contributed by atoms with Gasteiger partial charge in [-0.25, -0.2) is 0 Å². The maximum atomic E-state index is 12.6. The third-order valence-electron chi connectivity index (χ3n) is 4.80. The second kappa shape index (κ2) is 8.25. The molecule has 0 unspecified atom stereocenters. The molecule has 0 aliphatic heterocycles. The highest BCUT2D eigenvalue weighted by Gasteiger charge is 2.29. The minimum Gasteiger partial charge on any atom is -0.494 e. The number of nitrogens with two attached hydrogens (primary N) is 1. The highest BCUT2D eigenvalue weighted by molar-refractivity contribution is 7.14. The largest absolute Gasteiger partial charge is 0.494 e. The van der Waals surface area contributed by atoms with Crippen LogP contribution in [0, 0.1) is 0 Å². The molecule has 1 aliphatic carbocycles. The molecule has 7 heteroatoms. The third-order valence-corrected chi connectivity index (χ3v) is 6.08.